The molecule has 0 aliphatic rings. The van der Waals surface area contributed by atoms with E-state index in [1.165, 1.54) is 0 Å². The van der Waals surface area contributed by atoms with E-state index >= 15 is 0 Å². The average molecular weight is 232 g/mol. The summed E-state index contributed by atoms with van der Waals surface area (Å²) in [4.78, 5) is 7.06. The fourth-order valence-corrected chi connectivity index (χ4v) is 1.72. The monoisotopic (exact) mass is 231 g/mol. The van der Waals surface area contributed by atoms with Crippen molar-refractivity contribution in [1.29, 1.82) is 5.26 Å². The number of aryl methyl sites for hydroxylation is 2. The lowest BCUT2D eigenvalue weighted by Gasteiger charge is -2.03. The van der Waals surface area contributed by atoms with Crippen molar-refractivity contribution in [2.24, 2.45) is 0 Å². The predicted molar refractivity (Wildman–Crippen MR) is 63.2 cm³/mol. The molecule has 2 rings (SSSR count). The minimum Gasteiger partial charge on any atom is -0.328 e. The Morgan fingerprint density at radius 1 is 1.38 bits per heavy atom. The summed E-state index contributed by atoms with van der Waals surface area (Å²) in [6.45, 7) is 4.01. The first kappa shape index (κ1) is 10.7. The minimum absolute atomic E-state index is 0.234. The van der Waals surface area contributed by atoms with E-state index in [-0.39, 0.29) is 5.69 Å². The van der Waals surface area contributed by atoms with Crippen LogP contribution in [0.25, 0.3) is 11.4 Å². The van der Waals surface area contributed by atoms with Crippen molar-refractivity contribution in [3.63, 3.8) is 0 Å². The minimum atomic E-state index is 0.234. The molecule has 0 unspecified atom stereocenters. The van der Waals surface area contributed by atoms with Gasteiger partial charge in [0.1, 0.15) is 17.0 Å². The largest absolute Gasteiger partial charge is 0.328 e. The molecule has 2 aromatic rings. The summed E-state index contributed by atoms with van der Waals surface area (Å²) in [6, 6.07) is 8.02. The van der Waals surface area contributed by atoms with Gasteiger partial charge >= 0.3 is 0 Å². The van der Waals surface area contributed by atoms with Gasteiger partial charge in [-0.1, -0.05) is 29.3 Å². The van der Waals surface area contributed by atoms with Crippen LogP contribution in [-0.4, -0.2) is 9.97 Å². The lowest BCUT2D eigenvalue weighted by molar-refractivity contribution is 1.26. The van der Waals surface area contributed by atoms with E-state index in [4.69, 9.17) is 16.9 Å². The molecule has 80 valence electrons. The highest BCUT2D eigenvalue weighted by molar-refractivity contribution is 6.30. The van der Waals surface area contributed by atoms with Crippen LogP contribution in [0.3, 0.4) is 0 Å². The predicted octanol–water partition coefficient (Wildman–Crippen LogP) is 3.22. The van der Waals surface area contributed by atoms with E-state index in [1.54, 1.807) is 0 Å². The van der Waals surface area contributed by atoms with Crippen molar-refractivity contribution >= 4 is 11.6 Å². The number of imidazole rings is 1. The SMILES string of the molecule is Cc1ccc(C)c(-c2nc(C#N)c(Cl)[nH]2)c1. The third kappa shape index (κ3) is 1.80. The van der Waals surface area contributed by atoms with Crippen molar-refractivity contribution in [3.8, 4) is 17.5 Å². The third-order valence-corrected chi connectivity index (χ3v) is 2.69. The molecule has 0 aliphatic heterocycles. The van der Waals surface area contributed by atoms with Gasteiger partial charge in [-0.25, -0.2) is 4.98 Å². The van der Waals surface area contributed by atoms with Gasteiger partial charge in [0.15, 0.2) is 5.69 Å². The number of aromatic nitrogens is 2. The van der Waals surface area contributed by atoms with Crippen LogP contribution in [0.4, 0.5) is 0 Å². The van der Waals surface area contributed by atoms with Crippen LogP contribution in [0.2, 0.25) is 5.15 Å². The van der Waals surface area contributed by atoms with Gasteiger partial charge in [-0.3, -0.25) is 0 Å². The second-order valence-electron chi connectivity index (χ2n) is 3.68. The van der Waals surface area contributed by atoms with Gasteiger partial charge in [-0.15, -0.1) is 0 Å². The first-order valence-electron chi connectivity index (χ1n) is 4.85. The number of nitrogens with zero attached hydrogens (tertiary/aromatic N) is 2. The van der Waals surface area contributed by atoms with Crippen LogP contribution >= 0.6 is 11.6 Å². The highest BCUT2D eigenvalue weighted by Gasteiger charge is 2.11. The molecule has 0 atom stereocenters. The number of nitriles is 1. The highest BCUT2D eigenvalue weighted by Crippen LogP contribution is 2.24. The number of halogens is 1. The van der Waals surface area contributed by atoms with Crippen molar-refractivity contribution in [2.45, 2.75) is 13.8 Å². The molecule has 16 heavy (non-hydrogen) atoms. The number of hydrogen-bond donors (Lipinski definition) is 1. The maximum Gasteiger partial charge on any atom is 0.178 e. The summed E-state index contributed by atoms with van der Waals surface area (Å²) in [5, 5.41) is 9.08. The molecule has 1 aromatic carbocycles. The zero-order chi connectivity index (χ0) is 11.7. The highest BCUT2D eigenvalue weighted by atomic mass is 35.5. The molecule has 0 saturated heterocycles. The molecule has 0 spiro atoms. The van der Waals surface area contributed by atoms with Crippen LogP contribution in [0.5, 0.6) is 0 Å². The van der Waals surface area contributed by atoms with Crippen molar-refractivity contribution < 1.29 is 0 Å². The van der Waals surface area contributed by atoms with Crippen molar-refractivity contribution in [3.05, 3.63) is 40.2 Å². The van der Waals surface area contributed by atoms with Gasteiger partial charge in [-0.2, -0.15) is 5.26 Å². The number of hydrogen-bond acceptors (Lipinski definition) is 2. The molecule has 0 amide bonds. The quantitative estimate of drug-likeness (QED) is 0.819. The van der Waals surface area contributed by atoms with Gasteiger partial charge in [-0.05, 0) is 25.5 Å². The van der Waals surface area contributed by atoms with Crippen LogP contribution in [0, 0.1) is 25.2 Å². The zero-order valence-electron chi connectivity index (χ0n) is 9.00. The van der Waals surface area contributed by atoms with E-state index in [0.29, 0.717) is 11.0 Å². The summed E-state index contributed by atoms with van der Waals surface area (Å²) in [5.41, 5.74) is 3.45. The van der Waals surface area contributed by atoms with E-state index < -0.39 is 0 Å². The van der Waals surface area contributed by atoms with Gasteiger partial charge in [0.05, 0.1) is 0 Å². The lowest BCUT2D eigenvalue weighted by Crippen LogP contribution is -1.87. The van der Waals surface area contributed by atoms with Crippen molar-refractivity contribution in [2.75, 3.05) is 0 Å². The number of aromatic amines is 1. The molecule has 0 saturated carbocycles. The summed E-state index contributed by atoms with van der Waals surface area (Å²) in [5.74, 6) is 0.641. The number of H-pyrrole nitrogens is 1. The molecule has 0 aliphatic carbocycles. The van der Waals surface area contributed by atoms with E-state index in [1.807, 2.05) is 38.1 Å². The molecular weight excluding hydrogens is 222 g/mol. The topological polar surface area (TPSA) is 52.5 Å². The second-order valence-corrected chi connectivity index (χ2v) is 4.06. The maximum atomic E-state index is 8.79. The standard InChI is InChI=1S/C12H10ClN3/c1-7-3-4-8(2)9(5-7)12-15-10(6-14)11(13)16-12/h3-5H,1-2H3,(H,15,16). The van der Waals surface area contributed by atoms with Gasteiger partial charge in [0, 0.05) is 5.56 Å². The molecular formula is C12H10ClN3. The fourth-order valence-electron chi connectivity index (χ4n) is 1.54. The Morgan fingerprint density at radius 3 is 2.75 bits per heavy atom. The Kier molecular flexibility index (Phi) is 2.67. The van der Waals surface area contributed by atoms with Crippen molar-refractivity contribution in [1.82, 2.24) is 9.97 Å². The Morgan fingerprint density at radius 2 is 2.12 bits per heavy atom. The molecule has 1 heterocycles. The second kappa shape index (κ2) is 3.99. The Hall–Kier alpha value is -1.79. The average Bonchev–Trinajstić information content (AvgIpc) is 2.63. The van der Waals surface area contributed by atoms with Gasteiger partial charge < -0.3 is 4.98 Å². The number of rotatable bonds is 1. The lowest BCUT2D eigenvalue weighted by atomic mass is 10.1. The zero-order valence-corrected chi connectivity index (χ0v) is 9.76. The van der Waals surface area contributed by atoms with Gasteiger partial charge in [0.25, 0.3) is 0 Å². The Balaban J connectivity index is 2.59. The molecule has 4 heteroatoms. The van der Waals surface area contributed by atoms with Gasteiger partial charge in [0.2, 0.25) is 0 Å². The van der Waals surface area contributed by atoms with Crippen LogP contribution in [0.1, 0.15) is 16.8 Å². The molecule has 0 fully saturated rings. The number of benzene rings is 1. The molecule has 0 radical (unpaired) electrons. The molecule has 1 N–H and O–H groups in total. The number of nitrogens with one attached hydrogen (secondary N) is 1. The smallest absolute Gasteiger partial charge is 0.178 e. The van der Waals surface area contributed by atoms with Crippen LogP contribution in [0.15, 0.2) is 18.2 Å². The maximum absolute atomic E-state index is 8.79. The van der Waals surface area contributed by atoms with E-state index in [0.717, 1.165) is 16.7 Å². The van der Waals surface area contributed by atoms with E-state index in [9.17, 15) is 0 Å². The molecule has 0 bridgehead atoms. The summed E-state index contributed by atoms with van der Waals surface area (Å²) in [6.07, 6.45) is 0. The molecule has 1 aromatic heterocycles. The first-order chi connectivity index (χ1) is 7.61. The van der Waals surface area contributed by atoms with E-state index in [2.05, 4.69) is 9.97 Å². The first-order valence-corrected chi connectivity index (χ1v) is 5.23. The third-order valence-electron chi connectivity index (χ3n) is 2.41. The fraction of sp³-hybridized carbons (Fsp3) is 0.167. The normalized spacial score (nSPS) is 10.1. The van der Waals surface area contributed by atoms with Crippen LogP contribution < -0.4 is 0 Å². The summed E-state index contributed by atoms with van der Waals surface area (Å²) >= 11 is 5.85. The summed E-state index contributed by atoms with van der Waals surface area (Å²) < 4.78 is 0. The Labute approximate surface area is 98.7 Å². The summed E-state index contributed by atoms with van der Waals surface area (Å²) in [7, 11) is 0. The Bertz CT molecular complexity index is 578. The van der Waals surface area contributed by atoms with Crippen LogP contribution in [-0.2, 0) is 0 Å². The molecule has 3 nitrogen and oxygen atoms in total.